The molecule has 0 aliphatic carbocycles. The van der Waals surface area contributed by atoms with Gasteiger partial charge in [-0.2, -0.15) is 0 Å². The van der Waals surface area contributed by atoms with E-state index in [0.717, 1.165) is 25.1 Å². The molecular formula is C15H24N2O. The van der Waals surface area contributed by atoms with E-state index in [9.17, 15) is 4.79 Å². The van der Waals surface area contributed by atoms with Crippen LogP contribution in [0.5, 0.6) is 0 Å². The minimum Gasteiger partial charge on any atom is -0.326 e. The monoisotopic (exact) mass is 248 g/mol. The minimum atomic E-state index is -0.0332. The van der Waals surface area contributed by atoms with E-state index in [1.807, 2.05) is 12.1 Å². The molecule has 2 N–H and O–H groups in total. The average molecular weight is 248 g/mol. The minimum absolute atomic E-state index is 0.0332. The molecule has 1 rings (SSSR count). The smallest absolute Gasteiger partial charge is 0.221 e. The lowest BCUT2D eigenvalue weighted by Crippen LogP contribution is -2.39. The van der Waals surface area contributed by atoms with Crippen LogP contribution in [0.1, 0.15) is 39.7 Å². The van der Waals surface area contributed by atoms with E-state index >= 15 is 0 Å². The first kappa shape index (κ1) is 14.7. The molecule has 18 heavy (non-hydrogen) atoms. The number of hydrogen-bond donors (Lipinski definition) is 2. The molecule has 1 aromatic rings. The fourth-order valence-corrected chi connectivity index (χ4v) is 1.63. The van der Waals surface area contributed by atoms with Gasteiger partial charge < -0.3 is 10.6 Å². The van der Waals surface area contributed by atoms with Gasteiger partial charge in [0.25, 0.3) is 0 Å². The molecule has 1 amide bonds. The molecule has 0 bridgehead atoms. The number of amides is 1. The van der Waals surface area contributed by atoms with Gasteiger partial charge in [0, 0.05) is 18.2 Å². The van der Waals surface area contributed by atoms with Crippen molar-refractivity contribution in [1.29, 1.82) is 0 Å². The number of carbonyl (C=O) groups excluding carboxylic acids is 1. The second kappa shape index (κ2) is 6.55. The standard InChI is InChI=1S/C15H24N2O/c1-5-15(3,4)16-11-10-13-6-8-14(9-7-13)17-12(2)18/h6-9,16H,5,10-11H2,1-4H3,(H,17,18). The summed E-state index contributed by atoms with van der Waals surface area (Å²) < 4.78 is 0. The molecule has 0 heterocycles. The van der Waals surface area contributed by atoms with Crippen molar-refractivity contribution in [2.75, 3.05) is 11.9 Å². The van der Waals surface area contributed by atoms with Crippen LogP contribution in [0.15, 0.2) is 24.3 Å². The van der Waals surface area contributed by atoms with Crippen LogP contribution in [-0.2, 0) is 11.2 Å². The van der Waals surface area contributed by atoms with Gasteiger partial charge in [-0.3, -0.25) is 4.79 Å². The Hall–Kier alpha value is -1.35. The van der Waals surface area contributed by atoms with Crippen LogP contribution < -0.4 is 10.6 Å². The fourth-order valence-electron chi connectivity index (χ4n) is 1.63. The van der Waals surface area contributed by atoms with Crippen molar-refractivity contribution in [3.8, 4) is 0 Å². The number of rotatable bonds is 6. The first-order chi connectivity index (χ1) is 8.43. The molecule has 100 valence electrons. The number of carbonyl (C=O) groups is 1. The van der Waals surface area contributed by atoms with Gasteiger partial charge >= 0.3 is 0 Å². The van der Waals surface area contributed by atoms with Crippen LogP contribution in [0, 0.1) is 0 Å². The second-order valence-corrected chi connectivity index (χ2v) is 5.29. The Morgan fingerprint density at radius 1 is 1.22 bits per heavy atom. The lowest BCUT2D eigenvalue weighted by molar-refractivity contribution is -0.114. The first-order valence-electron chi connectivity index (χ1n) is 6.54. The molecular weight excluding hydrogens is 224 g/mol. The lowest BCUT2D eigenvalue weighted by atomic mass is 10.0. The molecule has 0 radical (unpaired) electrons. The third kappa shape index (κ3) is 5.32. The van der Waals surface area contributed by atoms with Crippen LogP contribution in [-0.4, -0.2) is 18.0 Å². The van der Waals surface area contributed by atoms with E-state index in [1.54, 1.807) is 0 Å². The quantitative estimate of drug-likeness (QED) is 0.812. The van der Waals surface area contributed by atoms with Crippen LogP contribution in [0.2, 0.25) is 0 Å². The van der Waals surface area contributed by atoms with E-state index in [0.29, 0.717) is 0 Å². The highest BCUT2D eigenvalue weighted by atomic mass is 16.1. The van der Waals surface area contributed by atoms with Gasteiger partial charge in [-0.25, -0.2) is 0 Å². The second-order valence-electron chi connectivity index (χ2n) is 5.29. The Kier molecular flexibility index (Phi) is 5.35. The number of hydrogen-bond acceptors (Lipinski definition) is 2. The van der Waals surface area contributed by atoms with Gasteiger partial charge in [-0.05, 0) is 50.9 Å². The van der Waals surface area contributed by atoms with E-state index in [1.165, 1.54) is 12.5 Å². The van der Waals surface area contributed by atoms with E-state index in [-0.39, 0.29) is 11.4 Å². The molecule has 0 aliphatic heterocycles. The lowest BCUT2D eigenvalue weighted by Gasteiger charge is -2.24. The van der Waals surface area contributed by atoms with Gasteiger partial charge in [0.15, 0.2) is 0 Å². The predicted molar refractivity (Wildman–Crippen MR) is 76.8 cm³/mol. The molecule has 0 saturated carbocycles. The van der Waals surface area contributed by atoms with Crippen molar-refractivity contribution in [1.82, 2.24) is 5.32 Å². The Labute approximate surface area is 110 Å². The van der Waals surface area contributed by atoms with Crippen LogP contribution >= 0.6 is 0 Å². The normalized spacial score (nSPS) is 11.3. The maximum absolute atomic E-state index is 10.9. The Bertz CT molecular complexity index is 382. The SMILES string of the molecule is CCC(C)(C)NCCc1ccc(NC(C)=O)cc1. The molecule has 0 fully saturated rings. The molecule has 0 unspecified atom stereocenters. The third-order valence-corrected chi connectivity index (χ3v) is 3.18. The van der Waals surface area contributed by atoms with Gasteiger partial charge in [0.2, 0.25) is 5.91 Å². The van der Waals surface area contributed by atoms with E-state index in [4.69, 9.17) is 0 Å². The Morgan fingerprint density at radius 3 is 2.33 bits per heavy atom. The van der Waals surface area contributed by atoms with Gasteiger partial charge in [-0.15, -0.1) is 0 Å². The molecule has 0 aliphatic rings. The van der Waals surface area contributed by atoms with Crippen molar-refractivity contribution in [2.24, 2.45) is 0 Å². The summed E-state index contributed by atoms with van der Waals surface area (Å²) in [6.07, 6.45) is 2.12. The van der Waals surface area contributed by atoms with Crippen molar-refractivity contribution in [3.05, 3.63) is 29.8 Å². The molecule has 0 aromatic heterocycles. The topological polar surface area (TPSA) is 41.1 Å². The summed E-state index contributed by atoms with van der Waals surface area (Å²) in [5.41, 5.74) is 2.34. The van der Waals surface area contributed by atoms with Crippen molar-refractivity contribution < 1.29 is 4.79 Å². The molecule has 1 aromatic carbocycles. The summed E-state index contributed by atoms with van der Waals surface area (Å²) in [6.45, 7) is 9.11. The van der Waals surface area contributed by atoms with Crippen molar-refractivity contribution in [2.45, 2.75) is 46.1 Å². The van der Waals surface area contributed by atoms with Crippen LogP contribution in [0.4, 0.5) is 5.69 Å². The molecule has 0 atom stereocenters. The zero-order chi connectivity index (χ0) is 13.6. The Balaban J connectivity index is 2.42. The first-order valence-corrected chi connectivity index (χ1v) is 6.54. The molecule has 3 heteroatoms. The Morgan fingerprint density at radius 2 is 1.83 bits per heavy atom. The fraction of sp³-hybridized carbons (Fsp3) is 0.533. The summed E-state index contributed by atoms with van der Waals surface area (Å²) in [6, 6.07) is 8.02. The summed E-state index contributed by atoms with van der Waals surface area (Å²) in [4.78, 5) is 10.9. The van der Waals surface area contributed by atoms with Gasteiger partial charge in [0.1, 0.15) is 0 Å². The van der Waals surface area contributed by atoms with Gasteiger partial charge in [0.05, 0.1) is 0 Å². The maximum Gasteiger partial charge on any atom is 0.221 e. The maximum atomic E-state index is 10.9. The van der Waals surface area contributed by atoms with Gasteiger partial charge in [-0.1, -0.05) is 19.1 Å². The highest BCUT2D eigenvalue weighted by Gasteiger charge is 2.12. The summed E-state index contributed by atoms with van der Waals surface area (Å²) in [5.74, 6) is -0.0332. The summed E-state index contributed by atoms with van der Waals surface area (Å²) in [5, 5.41) is 6.30. The van der Waals surface area contributed by atoms with Crippen molar-refractivity contribution in [3.63, 3.8) is 0 Å². The largest absolute Gasteiger partial charge is 0.326 e. The summed E-state index contributed by atoms with van der Waals surface area (Å²) >= 11 is 0. The zero-order valence-electron chi connectivity index (χ0n) is 11.8. The van der Waals surface area contributed by atoms with Crippen molar-refractivity contribution >= 4 is 11.6 Å². The third-order valence-electron chi connectivity index (χ3n) is 3.18. The van der Waals surface area contributed by atoms with Crippen LogP contribution in [0.25, 0.3) is 0 Å². The highest BCUT2D eigenvalue weighted by Crippen LogP contribution is 2.11. The molecule has 3 nitrogen and oxygen atoms in total. The predicted octanol–water partition coefficient (Wildman–Crippen LogP) is 2.97. The van der Waals surface area contributed by atoms with Crippen LogP contribution in [0.3, 0.4) is 0 Å². The van der Waals surface area contributed by atoms with E-state index in [2.05, 4.69) is 43.5 Å². The number of benzene rings is 1. The van der Waals surface area contributed by atoms with E-state index < -0.39 is 0 Å². The summed E-state index contributed by atoms with van der Waals surface area (Å²) in [7, 11) is 0. The number of anilines is 1. The zero-order valence-corrected chi connectivity index (χ0v) is 11.8. The average Bonchev–Trinajstić information content (AvgIpc) is 2.30. The molecule has 0 saturated heterocycles. The molecule has 0 spiro atoms. The number of nitrogens with one attached hydrogen (secondary N) is 2. The highest BCUT2D eigenvalue weighted by molar-refractivity contribution is 5.88.